The lowest BCUT2D eigenvalue weighted by Gasteiger charge is -2.38. The Hall–Kier alpha value is -1.18. The number of carbonyl (C=O) groups excluding carboxylic acids is 1. The highest BCUT2D eigenvalue weighted by Crippen LogP contribution is 2.28. The molecule has 1 aliphatic heterocycles. The molecule has 8 heteroatoms. The predicted octanol–water partition coefficient (Wildman–Crippen LogP) is 2.98. The van der Waals surface area contributed by atoms with E-state index in [4.69, 9.17) is 5.73 Å². The van der Waals surface area contributed by atoms with Gasteiger partial charge < -0.3 is 10.6 Å². The van der Waals surface area contributed by atoms with Crippen molar-refractivity contribution in [1.82, 2.24) is 4.90 Å². The number of nitro groups is 1. The molecule has 2 atom stereocenters. The van der Waals surface area contributed by atoms with Gasteiger partial charge in [0, 0.05) is 35.7 Å². The molecule has 0 aliphatic carbocycles. The molecule has 2 N–H and O–H groups in total. The van der Waals surface area contributed by atoms with Crippen molar-refractivity contribution in [3.63, 3.8) is 0 Å². The molecule has 6 nitrogen and oxygen atoms in total. The fourth-order valence-electron chi connectivity index (χ4n) is 2.69. The predicted molar refractivity (Wildman–Crippen MR) is 90.3 cm³/mol. The molecule has 2 unspecified atom stereocenters. The average Bonchev–Trinajstić information content (AvgIpc) is 2.46. The highest BCUT2D eigenvalue weighted by atomic mass is 79.9. The third-order valence-corrected chi connectivity index (χ3v) is 4.56. The molecule has 122 valence electrons. The monoisotopic (exact) mass is 391 g/mol. The summed E-state index contributed by atoms with van der Waals surface area (Å²) in [6, 6.07) is 4.23. The first-order valence-corrected chi connectivity index (χ1v) is 7.68. The Kier molecular flexibility index (Phi) is 6.77. The fourth-order valence-corrected chi connectivity index (χ4v) is 3.22. The van der Waals surface area contributed by atoms with E-state index in [9.17, 15) is 14.9 Å². The number of benzene rings is 1. The molecule has 1 heterocycles. The maximum absolute atomic E-state index is 12.6. The van der Waals surface area contributed by atoms with Crippen LogP contribution in [0.3, 0.4) is 0 Å². The smallest absolute Gasteiger partial charge is 0.270 e. The van der Waals surface area contributed by atoms with Gasteiger partial charge in [0.25, 0.3) is 11.6 Å². The molecule has 22 heavy (non-hydrogen) atoms. The largest absolute Gasteiger partial charge is 0.334 e. The van der Waals surface area contributed by atoms with Crippen LogP contribution < -0.4 is 5.73 Å². The van der Waals surface area contributed by atoms with Gasteiger partial charge in [-0.1, -0.05) is 6.92 Å². The summed E-state index contributed by atoms with van der Waals surface area (Å²) in [6.07, 6.45) is 1.85. The van der Waals surface area contributed by atoms with E-state index in [1.54, 1.807) is 4.90 Å². The topological polar surface area (TPSA) is 89.5 Å². The van der Waals surface area contributed by atoms with Gasteiger partial charge in [-0.05, 0) is 40.8 Å². The number of hydrogen-bond acceptors (Lipinski definition) is 4. The van der Waals surface area contributed by atoms with Gasteiger partial charge in [0.2, 0.25) is 0 Å². The van der Waals surface area contributed by atoms with E-state index in [-0.39, 0.29) is 30.0 Å². The van der Waals surface area contributed by atoms with Crippen LogP contribution in [0.1, 0.15) is 30.1 Å². The van der Waals surface area contributed by atoms with Crippen LogP contribution in [0, 0.1) is 16.0 Å². The second-order valence-electron chi connectivity index (χ2n) is 5.44. The molecule has 1 aliphatic rings. The Morgan fingerprint density at radius 2 is 2.23 bits per heavy atom. The van der Waals surface area contributed by atoms with Crippen LogP contribution >= 0.6 is 28.3 Å². The summed E-state index contributed by atoms with van der Waals surface area (Å²) in [5.74, 6) is 0.432. The number of non-ortho nitro benzene ring substituents is 1. The molecule has 2 rings (SSSR count). The summed E-state index contributed by atoms with van der Waals surface area (Å²) >= 11 is 3.25. The highest BCUT2D eigenvalue weighted by Gasteiger charge is 2.30. The van der Waals surface area contributed by atoms with E-state index < -0.39 is 4.92 Å². The van der Waals surface area contributed by atoms with E-state index in [1.807, 2.05) is 0 Å². The molecule has 0 saturated carbocycles. The van der Waals surface area contributed by atoms with E-state index in [2.05, 4.69) is 22.9 Å². The van der Waals surface area contributed by atoms with Gasteiger partial charge in [-0.3, -0.25) is 14.9 Å². The molecule has 1 aromatic rings. The van der Waals surface area contributed by atoms with Gasteiger partial charge >= 0.3 is 0 Å². The molecule has 0 bridgehead atoms. The third-order valence-electron chi connectivity index (χ3n) is 3.90. The van der Waals surface area contributed by atoms with Gasteiger partial charge in [-0.15, -0.1) is 12.4 Å². The summed E-state index contributed by atoms with van der Waals surface area (Å²) in [5, 5.41) is 10.7. The van der Waals surface area contributed by atoms with Crippen LogP contribution in [0.2, 0.25) is 0 Å². The van der Waals surface area contributed by atoms with Crippen LogP contribution in [0.5, 0.6) is 0 Å². The molecule has 1 aromatic carbocycles. The normalized spacial score (nSPS) is 21.1. The minimum absolute atomic E-state index is 0. The quantitative estimate of drug-likeness (QED) is 0.632. The van der Waals surface area contributed by atoms with E-state index in [1.165, 1.54) is 18.2 Å². The average molecular weight is 393 g/mol. The minimum Gasteiger partial charge on any atom is -0.334 e. The van der Waals surface area contributed by atoms with E-state index >= 15 is 0 Å². The molecule has 0 radical (unpaired) electrons. The summed E-state index contributed by atoms with van der Waals surface area (Å²) < 4.78 is 0.441. The SMILES string of the molecule is CC1CCN(C(=O)c2ccc([N+](=O)[O-])cc2Br)C(CN)C1.Cl. The first-order chi connectivity index (χ1) is 9.93. The number of nitrogens with zero attached hydrogens (tertiary/aromatic N) is 2. The molecule has 1 amide bonds. The van der Waals surface area contributed by atoms with Crippen molar-refractivity contribution in [3.05, 3.63) is 38.3 Å². The van der Waals surface area contributed by atoms with Crippen LogP contribution in [0.4, 0.5) is 5.69 Å². The van der Waals surface area contributed by atoms with Crippen molar-refractivity contribution in [1.29, 1.82) is 0 Å². The number of rotatable bonds is 3. The molecule has 1 fully saturated rings. The lowest BCUT2D eigenvalue weighted by atomic mass is 9.92. The van der Waals surface area contributed by atoms with Crippen molar-refractivity contribution >= 4 is 39.9 Å². The van der Waals surface area contributed by atoms with Gasteiger partial charge in [0.1, 0.15) is 0 Å². The summed E-state index contributed by atoms with van der Waals surface area (Å²) in [4.78, 5) is 24.7. The number of nitro benzene ring substituents is 1. The zero-order valence-corrected chi connectivity index (χ0v) is 14.6. The van der Waals surface area contributed by atoms with Crippen molar-refractivity contribution in [3.8, 4) is 0 Å². The Labute approximate surface area is 143 Å². The Bertz CT molecular complexity index is 570. The fraction of sp³-hybridized carbons (Fsp3) is 0.500. The van der Waals surface area contributed by atoms with Gasteiger partial charge in [0.05, 0.1) is 10.5 Å². The second kappa shape index (κ2) is 7.89. The molecule has 0 aromatic heterocycles. The van der Waals surface area contributed by atoms with Crippen LogP contribution in [0.25, 0.3) is 0 Å². The summed E-state index contributed by atoms with van der Waals surface area (Å²) in [6.45, 7) is 3.26. The minimum atomic E-state index is -0.482. The van der Waals surface area contributed by atoms with Crippen LogP contribution in [-0.4, -0.2) is 34.9 Å². The van der Waals surface area contributed by atoms with Crippen molar-refractivity contribution in [2.24, 2.45) is 11.7 Å². The zero-order valence-electron chi connectivity index (χ0n) is 12.2. The Morgan fingerprint density at radius 1 is 1.55 bits per heavy atom. The van der Waals surface area contributed by atoms with Crippen LogP contribution in [-0.2, 0) is 0 Å². The Balaban J connectivity index is 0.00000242. The summed E-state index contributed by atoms with van der Waals surface area (Å²) in [7, 11) is 0. The molecule has 0 spiro atoms. The molecular weight excluding hydrogens is 374 g/mol. The first-order valence-electron chi connectivity index (χ1n) is 6.89. The second-order valence-corrected chi connectivity index (χ2v) is 6.29. The number of piperidine rings is 1. The van der Waals surface area contributed by atoms with E-state index in [0.29, 0.717) is 29.0 Å². The Morgan fingerprint density at radius 3 is 2.77 bits per heavy atom. The van der Waals surface area contributed by atoms with E-state index in [0.717, 1.165) is 12.8 Å². The van der Waals surface area contributed by atoms with Gasteiger partial charge in [-0.25, -0.2) is 0 Å². The van der Waals surface area contributed by atoms with Crippen molar-refractivity contribution < 1.29 is 9.72 Å². The standard InChI is InChI=1S/C14H18BrN3O3.ClH/c1-9-4-5-17(11(6-9)8-16)14(19)12-3-2-10(18(20)21)7-13(12)15;/h2-3,7,9,11H,4-6,8,16H2,1H3;1H. The lowest BCUT2D eigenvalue weighted by molar-refractivity contribution is -0.384. The number of likely N-dealkylation sites (tertiary alicyclic amines) is 1. The van der Waals surface area contributed by atoms with Gasteiger partial charge in [-0.2, -0.15) is 0 Å². The number of nitrogens with two attached hydrogens (primary N) is 1. The molecule has 1 saturated heterocycles. The van der Waals surface area contributed by atoms with Crippen LogP contribution in [0.15, 0.2) is 22.7 Å². The number of halogens is 2. The zero-order chi connectivity index (χ0) is 15.6. The third kappa shape index (κ3) is 3.97. The van der Waals surface area contributed by atoms with Crippen molar-refractivity contribution in [2.45, 2.75) is 25.8 Å². The molecular formula is C14H19BrClN3O3. The maximum Gasteiger partial charge on any atom is 0.270 e. The maximum atomic E-state index is 12.6. The van der Waals surface area contributed by atoms with Gasteiger partial charge in [0.15, 0.2) is 0 Å². The number of carbonyl (C=O) groups is 1. The first kappa shape index (κ1) is 18.9. The summed E-state index contributed by atoms with van der Waals surface area (Å²) in [5.41, 5.74) is 6.18. The lowest BCUT2D eigenvalue weighted by Crippen LogP contribution is -2.49. The highest BCUT2D eigenvalue weighted by molar-refractivity contribution is 9.10. The van der Waals surface area contributed by atoms with Crippen molar-refractivity contribution in [2.75, 3.05) is 13.1 Å². The number of amides is 1. The number of hydrogen-bond donors (Lipinski definition) is 1.